The summed E-state index contributed by atoms with van der Waals surface area (Å²) in [5, 5.41) is 2.12. The number of hydrogen-bond donors (Lipinski definition) is 1. The van der Waals surface area contributed by atoms with Gasteiger partial charge in [-0.1, -0.05) is 60.7 Å². The molecule has 5 heteroatoms. The van der Waals surface area contributed by atoms with Crippen molar-refractivity contribution in [2.24, 2.45) is 0 Å². The zero-order valence-corrected chi connectivity index (χ0v) is 14.7. The minimum atomic E-state index is -1.45. The number of ether oxygens (including phenoxy) is 1. The Labute approximate surface area is 149 Å². The van der Waals surface area contributed by atoms with Gasteiger partial charge < -0.3 is 4.74 Å². The summed E-state index contributed by atoms with van der Waals surface area (Å²) >= 11 is 0. The topological polar surface area (TPSA) is 55.4 Å². The molecule has 4 nitrogen and oxygen atoms in total. The van der Waals surface area contributed by atoms with E-state index in [1.165, 1.54) is 7.11 Å². The van der Waals surface area contributed by atoms with Crippen molar-refractivity contribution in [3.8, 4) is 0 Å². The minimum Gasteiger partial charge on any atom is -0.469 e. The molecule has 0 heterocycles. The van der Waals surface area contributed by atoms with Crippen LogP contribution in [-0.2, 0) is 20.5 Å². The van der Waals surface area contributed by atoms with Gasteiger partial charge in [0.25, 0.3) is 0 Å². The smallest absolute Gasteiger partial charge is 0.307 e. The largest absolute Gasteiger partial charge is 0.469 e. The summed E-state index contributed by atoms with van der Waals surface area (Å²) < 4.78 is 20.6. The van der Waals surface area contributed by atoms with Crippen molar-refractivity contribution in [1.82, 2.24) is 4.72 Å². The highest BCUT2D eigenvalue weighted by Gasteiger charge is 2.19. The average molecular weight is 353 g/mol. The highest BCUT2D eigenvalue weighted by atomic mass is 32.2. The molecular formula is C20H19NO3S. The quantitative estimate of drug-likeness (QED) is 0.687. The Morgan fingerprint density at radius 3 is 2.40 bits per heavy atom. The molecular weight excluding hydrogens is 334 g/mol. The van der Waals surface area contributed by atoms with E-state index < -0.39 is 11.0 Å². The summed E-state index contributed by atoms with van der Waals surface area (Å²) in [6.45, 7) is 0. The fraction of sp³-hybridized carbons (Fsp3) is 0.150. The van der Waals surface area contributed by atoms with Gasteiger partial charge in [0, 0.05) is 0 Å². The summed E-state index contributed by atoms with van der Waals surface area (Å²) in [4.78, 5) is 12.4. The van der Waals surface area contributed by atoms with E-state index in [1.54, 1.807) is 0 Å². The van der Waals surface area contributed by atoms with Crippen LogP contribution in [-0.4, -0.2) is 17.3 Å². The predicted octanol–water partition coefficient (Wildman–Crippen LogP) is 3.76. The van der Waals surface area contributed by atoms with Crippen LogP contribution in [0, 0.1) is 0 Å². The molecule has 2 unspecified atom stereocenters. The summed E-state index contributed by atoms with van der Waals surface area (Å²) in [6, 6.07) is 22.7. The molecule has 0 saturated heterocycles. The zero-order valence-electron chi connectivity index (χ0n) is 13.8. The van der Waals surface area contributed by atoms with Crippen molar-refractivity contribution >= 4 is 27.7 Å². The van der Waals surface area contributed by atoms with Gasteiger partial charge in [-0.15, -0.1) is 0 Å². The monoisotopic (exact) mass is 353 g/mol. The lowest BCUT2D eigenvalue weighted by atomic mass is 10.1. The van der Waals surface area contributed by atoms with Crippen molar-refractivity contribution in [3.05, 3.63) is 78.4 Å². The molecule has 2 atom stereocenters. The number of rotatable bonds is 6. The first-order valence-corrected chi connectivity index (χ1v) is 9.11. The first kappa shape index (κ1) is 17.3. The molecule has 0 aliphatic carbocycles. The molecule has 128 valence electrons. The maximum Gasteiger partial charge on any atom is 0.307 e. The summed E-state index contributed by atoms with van der Waals surface area (Å²) in [6.07, 6.45) is 0.111. The van der Waals surface area contributed by atoms with Crippen LogP contribution >= 0.6 is 0 Å². The Balaban J connectivity index is 1.84. The Morgan fingerprint density at radius 1 is 1.00 bits per heavy atom. The van der Waals surface area contributed by atoms with E-state index in [-0.39, 0.29) is 18.4 Å². The molecule has 0 aromatic heterocycles. The van der Waals surface area contributed by atoms with Gasteiger partial charge in [-0.25, -0.2) is 8.93 Å². The molecule has 0 bridgehead atoms. The maximum absolute atomic E-state index is 12.8. The highest BCUT2D eigenvalue weighted by Crippen LogP contribution is 2.21. The zero-order chi connectivity index (χ0) is 17.6. The van der Waals surface area contributed by atoms with E-state index in [2.05, 4.69) is 4.72 Å². The summed E-state index contributed by atoms with van der Waals surface area (Å²) in [7, 11) is -0.0943. The number of esters is 1. The molecule has 3 rings (SSSR count). The van der Waals surface area contributed by atoms with Gasteiger partial charge in [0.15, 0.2) is 0 Å². The van der Waals surface area contributed by atoms with Crippen LogP contribution in [0.4, 0.5) is 0 Å². The Bertz CT molecular complexity index is 896. The molecule has 0 amide bonds. The third-order valence-electron chi connectivity index (χ3n) is 3.98. The third-order valence-corrected chi connectivity index (χ3v) is 5.17. The van der Waals surface area contributed by atoms with Crippen LogP contribution in [0.5, 0.6) is 0 Å². The number of carbonyl (C=O) groups is 1. The van der Waals surface area contributed by atoms with Gasteiger partial charge in [-0.3, -0.25) is 4.79 Å². The van der Waals surface area contributed by atoms with Crippen LogP contribution < -0.4 is 4.72 Å². The number of hydrogen-bond acceptors (Lipinski definition) is 3. The second kappa shape index (κ2) is 8.05. The van der Waals surface area contributed by atoms with E-state index in [0.29, 0.717) is 4.90 Å². The Kier molecular flexibility index (Phi) is 5.58. The van der Waals surface area contributed by atoms with E-state index in [0.717, 1.165) is 16.3 Å². The van der Waals surface area contributed by atoms with Crippen molar-refractivity contribution in [1.29, 1.82) is 0 Å². The summed E-state index contributed by atoms with van der Waals surface area (Å²) in [5.74, 6) is -0.350. The van der Waals surface area contributed by atoms with Crippen LogP contribution in [0.15, 0.2) is 77.7 Å². The van der Waals surface area contributed by atoms with Gasteiger partial charge in [0.1, 0.15) is 11.0 Å². The molecule has 0 saturated carbocycles. The van der Waals surface area contributed by atoms with Crippen LogP contribution in [0.3, 0.4) is 0 Å². The third kappa shape index (κ3) is 4.32. The molecule has 0 aliphatic rings. The predicted molar refractivity (Wildman–Crippen MR) is 99.3 cm³/mol. The first-order valence-electron chi connectivity index (χ1n) is 7.96. The maximum atomic E-state index is 12.8. The first-order chi connectivity index (χ1) is 12.2. The number of carbonyl (C=O) groups excluding carboxylic acids is 1. The van der Waals surface area contributed by atoms with E-state index >= 15 is 0 Å². The van der Waals surface area contributed by atoms with Gasteiger partial charge >= 0.3 is 5.97 Å². The Morgan fingerprint density at radius 2 is 1.68 bits per heavy atom. The van der Waals surface area contributed by atoms with Crippen LogP contribution in [0.25, 0.3) is 10.8 Å². The van der Waals surface area contributed by atoms with Gasteiger partial charge in [0.05, 0.1) is 24.5 Å². The highest BCUT2D eigenvalue weighted by molar-refractivity contribution is 7.83. The molecule has 0 fully saturated rings. The fourth-order valence-corrected chi connectivity index (χ4v) is 3.68. The molecule has 3 aromatic carbocycles. The molecule has 1 N–H and O–H groups in total. The van der Waals surface area contributed by atoms with Gasteiger partial charge in [-0.05, 0) is 28.5 Å². The fourth-order valence-electron chi connectivity index (χ4n) is 2.64. The van der Waals surface area contributed by atoms with E-state index in [4.69, 9.17) is 4.74 Å². The molecule has 0 aliphatic heterocycles. The molecule has 25 heavy (non-hydrogen) atoms. The minimum absolute atomic E-state index is 0.111. The standard InChI is InChI=1S/C20H19NO3S/c1-24-20(22)14-19(16-8-3-2-4-9-16)21-25(23)18-12-11-15-7-5-6-10-17(15)13-18/h2-13,19,21H,14H2,1H3. The Hall–Kier alpha value is -2.50. The molecule has 3 aromatic rings. The van der Waals surface area contributed by atoms with Crippen LogP contribution in [0.1, 0.15) is 18.0 Å². The number of methoxy groups -OCH3 is 1. The van der Waals surface area contributed by atoms with Crippen LogP contribution in [0.2, 0.25) is 0 Å². The van der Waals surface area contributed by atoms with Crippen molar-refractivity contribution < 1.29 is 13.7 Å². The van der Waals surface area contributed by atoms with E-state index in [9.17, 15) is 9.00 Å². The normalized spacial score (nSPS) is 13.3. The van der Waals surface area contributed by atoms with Crippen molar-refractivity contribution in [2.75, 3.05) is 7.11 Å². The molecule has 0 radical (unpaired) electrons. The number of fused-ring (bicyclic) bond motifs is 1. The van der Waals surface area contributed by atoms with Gasteiger partial charge in [0.2, 0.25) is 0 Å². The summed E-state index contributed by atoms with van der Waals surface area (Å²) in [5.41, 5.74) is 0.891. The lowest BCUT2D eigenvalue weighted by Crippen LogP contribution is -2.26. The average Bonchev–Trinajstić information content (AvgIpc) is 2.67. The SMILES string of the molecule is COC(=O)CC(NS(=O)c1ccc2ccccc2c1)c1ccccc1. The number of benzene rings is 3. The molecule has 0 spiro atoms. The second-order valence-corrected chi connectivity index (χ2v) is 6.88. The number of nitrogens with one attached hydrogen (secondary N) is 1. The second-order valence-electron chi connectivity index (χ2n) is 5.64. The van der Waals surface area contributed by atoms with E-state index in [1.807, 2.05) is 72.8 Å². The lowest BCUT2D eigenvalue weighted by Gasteiger charge is -2.17. The lowest BCUT2D eigenvalue weighted by molar-refractivity contribution is -0.141. The van der Waals surface area contributed by atoms with Gasteiger partial charge in [-0.2, -0.15) is 0 Å². The van der Waals surface area contributed by atoms with Crippen molar-refractivity contribution in [3.63, 3.8) is 0 Å². The van der Waals surface area contributed by atoms with Crippen molar-refractivity contribution in [2.45, 2.75) is 17.4 Å².